The van der Waals surface area contributed by atoms with E-state index in [-0.39, 0.29) is 5.54 Å². The molecule has 4 heteroatoms. The molecule has 0 radical (unpaired) electrons. The summed E-state index contributed by atoms with van der Waals surface area (Å²) in [6, 6.07) is 0. The standard InChI is InChI=1S/C13H28N2O2/c1-5-17-10-13(3,9-14)15-7-6-11(2)12(8-15)16-4/h11-12H,5-10,14H2,1-4H3. The van der Waals surface area contributed by atoms with Crippen molar-refractivity contribution in [1.82, 2.24) is 4.90 Å². The summed E-state index contributed by atoms with van der Waals surface area (Å²) in [5.41, 5.74) is 5.88. The van der Waals surface area contributed by atoms with E-state index in [1.165, 1.54) is 6.42 Å². The first-order valence-electron chi connectivity index (χ1n) is 6.63. The Bertz CT molecular complexity index is 225. The summed E-state index contributed by atoms with van der Waals surface area (Å²) in [5.74, 6) is 0.630. The largest absolute Gasteiger partial charge is 0.380 e. The molecule has 2 N–H and O–H groups in total. The summed E-state index contributed by atoms with van der Waals surface area (Å²) in [4.78, 5) is 2.43. The molecule has 0 aliphatic carbocycles. The molecule has 0 aromatic heterocycles. The summed E-state index contributed by atoms with van der Waals surface area (Å²) in [5, 5.41) is 0. The Balaban J connectivity index is 2.62. The number of ether oxygens (including phenoxy) is 2. The molecule has 0 aromatic rings. The summed E-state index contributed by atoms with van der Waals surface area (Å²) < 4.78 is 11.1. The highest BCUT2D eigenvalue weighted by Crippen LogP contribution is 2.25. The summed E-state index contributed by atoms with van der Waals surface area (Å²) in [6.07, 6.45) is 1.48. The van der Waals surface area contributed by atoms with Gasteiger partial charge in [-0.05, 0) is 32.7 Å². The van der Waals surface area contributed by atoms with E-state index in [0.717, 1.165) is 19.7 Å². The van der Waals surface area contributed by atoms with E-state index >= 15 is 0 Å². The lowest BCUT2D eigenvalue weighted by Crippen LogP contribution is -2.60. The second kappa shape index (κ2) is 6.69. The van der Waals surface area contributed by atoms with Gasteiger partial charge in [-0.2, -0.15) is 0 Å². The molecule has 1 heterocycles. The molecule has 3 unspecified atom stereocenters. The van der Waals surface area contributed by atoms with Crippen molar-refractivity contribution in [1.29, 1.82) is 0 Å². The highest BCUT2D eigenvalue weighted by Gasteiger charge is 2.36. The topological polar surface area (TPSA) is 47.7 Å². The van der Waals surface area contributed by atoms with E-state index in [2.05, 4.69) is 18.7 Å². The van der Waals surface area contributed by atoms with E-state index in [9.17, 15) is 0 Å². The van der Waals surface area contributed by atoms with Crippen LogP contribution >= 0.6 is 0 Å². The molecule has 1 saturated heterocycles. The van der Waals surface area contributed by atoms with Crippen molar-refractivity contribution in [2.24, 2.45) is 11.7 Å². The molecule has 0 bridgehead atoms. The monoisotopic (exact) mass is 244 g/mol. The summed E-state index contributed by atoms with van der Waals surface area (Å²) >= 11 is 0. The molecule has 4 nitrogen and oxygen atoms in total. The lowest BCUT2D eigenvalue weighted by Gasteiger charge is -2.46. The molecule has 0 amide bonds. The van der Waals surface area contributed by atoms with Gasteiger partial charge in [0.1, 0.15) is 0 Å². The van der Waals surface area contributed by atoms with Crippen LogP contribution in [0.1, 0.15) is 27.2 Å². The van der Waals surface area contributed by atoms with Gasteiger partial charge in [0.2, 0.25) is 0 Å². The van der Waals surface area contributed by atoms with Gasteiger partial charge in [0, 0.05) is 26.8 Å². The fourth-order valence-corrected chi connectivity index (χ4v) is 2.43. The van der Waals surface area contributed by atoms with Crippen molar-refractivity contribution < 1.29 is 9.47 Å². The van der Waals surface area contributed by atoms with Crippen LogP contribution in [0.15, 0.2) is 0 Å². The summed E-state index contributed by atoms with van der Waals surface area (Å²) in [7, 11) is 1.80. The number of nitrogens with zero attached hydrogens (tertiary/aromatic N) is 1. The van der Waals surface area contributed by atoms with Crippen LogP contribution in [0.4, 0.5) is 0 Å². The van der Waals surface area contributed by atoms with Crippen LogP contribution in [-0.2, 0) is 9.47 Å². The number of likely N-dealkylation sites (tertiary alicyclic amines) is 1. The molecule has 0 spiro atoms. The van der Waals surface area contributed by atoms with Gasteiger partial charge in [0.15, 0.2) is 0 Å². The first kappa shape index (κ1) is 14.9. The molecule has 1 aliphatic rings. The van der Waals surface area contributed by atoms with E-state index < -0.39 is 0 Å². The number of hydrogen-bond acceptors (Lipinski definition) is 4. The second-order valence-corrected chi connectivity index (χ2v) is 5.32. The van der Waals surface area contributed by atoms with Crippen LogP contribution in [-0.4, -0.2) is 56.5 Å². The van der Waals surface area contributed by atoms with Gasteiger partial charge in [-0.25, -0.2) is 0 Å². The zero-order valence-corrected chi connectivity index (χ0v) is 11.7. The van der Waals surface area contributed by atoms with E-state index in [0.29, 0.717) is 25.2 Å². The number of methoxy groups -OCH3 is 1. The Morgan fingerprint density at radius 3 is 2.71 bits per heavy atom. The number of piperidine rings is 1. The van der Waals surface area contributed by atoms with Gasteiger partial charge >= 0.3 is 0 Å². The minimum absolute atomic E-state index is 0.0626. The zero-order chi connectivity index (χ0) is 12.9. The van der Waals surface area contributed by atoms with Gasteiger partial charge in [-0.3, -0.25) is 4.90 Å². The normalized spacial score (nSPS) is 30.2. The van der Waals surface area contributed by atoms with E-state index in [1.54, 1.807) is 7.11 Å². The van der Waals surface area contributed by atoms with Gasteiger partial charge < -0.3 is 15.2 Å². The van der Waals surface area contributed by atoms with Gasteiger partial charge in [0.05, 0.1) is 18.2 Å². The first-order valence-corrected chi connectivity index (χ1v) is 6.63. The minimum atomic E-state index is -0.0626. The predicted molar refractivity (Wildman–Crippen MR) is 70.1 cm³/mol. The Morgan fingerprint density at radius 1 is 1.47 bits per heavy atom. The molecule has 3 atom stereocenters. The average molecular weight is 244 g/mol. The quantitative estimate of drug-likeness (QED) is 0.760. The molecule has 1 aliphatic heterocycles. The molecule has 1 fully saturated rings. The van der Waals surface area contributed by atoms with Crippen molar-refractivity contribution in [3.8, 4) is 0 Å². The van der Waals surface area contributed by atoms with Crippen molar-refractivity contribution in [3.05, 3.63) is 0 Å². The van der Waals surface area contributed by atoms with Crippen molar-refractivity contribution >= 4 is 0 Å². The Morgan fingerprint density at radius 2 is 2.18 bits per heavy atom. The van der Waals surface area contributed by atoms with Crippen LogP contribution in [0.2, 0.25) is 0 Å². The fourth-order valence-electron chi connectivity index (χ4n) is 2.43. The maximum absolute atomic E-state index is 5.94. The predicted octanol–water partition coefficient (Wildman–Crippen LogP) is 1.10. The first-order chi connectivity index (χ1) is 8.07. The summed E-state index contributed by atoms with van der Waals surface area (Å²) in [6.45, 7) is 10.6. The minimum Gasteiger partial charge on any atom is -0.380 e. The van der Waals surface area contributed by atoms with Gasteiger partial charge in [-0.15, -0.1) is 0 Å². The highest BCUT2D eigenvalue weighted by atomic mass is 16.5. The number of nitrogens with two attached hydrogens (primary N) is 1. The maximum atomic E-state index is 5.94. The third-order valence-corrected chi connectivity index (χ3v) is 4.01. The van der Waals surface area contributed by atoms with Crippen LogP contribution in [0.5, 0.6) is 0 Å². The number of rotatable bonds is 6. The SMILES string of the molecule is CCOCC(C)(CN)N1CCC(C)C(OC)C1. The Kier molecular flexibility index (Phi) is 5.86. The maximum Gasteiger partial charge on any atom is 0.0724 e. The smallest absolute Gasteiger partial charge is 0.0724 e. The van der Waals surface area contributed by atoms with E-state index in [4.69, 9.17) is 15.2 Å². The molecule has 1 rings (SSSR count). The number of hydrogen-bond donors (Lipinski definition) is 1. The molecular weight excluding hydrogens is 216 g/mol. The third kappa shape index (κ3) is 3.65. The van der Waals surface area contributed by atoms with Crippen LogP contribution in [0.3, 0.4) is 0 Å². The lowest BCUT2D eigenvalue weighted by atomic mass is 9.90. The molecule has 17 heavy (non-hydrogen) atoms. The zero-order valence-electron chi connectivity index (χ0n) is 11.7. The van der Waals surface area contributed by atoms with E-state index in [1.807, 2.05) is 6.92 Å². The molecule has 0 saturated carbocycles. The molecule has 0 aromatic carbocycles. The second-order valence-electron chi connectivity index (χ2n) is 5.32. The van der Waals surface area contributed by atoms with Crippen LogP contribution in [0.25, 0.3) is 0 Å². The van der Waals surface area contributed by atoms with Crippen molar-refractivity contribution in [2.75, 3.05) is 40.0 Å². The highest BCUT2D eigenvalue weighted by molar-refractivity contribution is 4.92. The lowest BCUT2D eigenvalue weighted by molar-refractivity contribution is -0.0632. The van der Waals surface area contributed by atoms with Crippen LogP contribution < -0.4 is 5.73 Å². The fraction of sp³-hybridized carbons (Fsp3) is 1.00. The van der Waals surface area contributed by atoms with Crippen molar-refractivity contribution in [2.45, 2.75) is 38.8 Å². The van der Waals surface area contributed by atoms with Gasteiger partial charge in [0.25, 0.3) is 0 Å². The average Bonchev–Trinajstić information content (AvgIpc) is 2.36. The van der Waals surface area contributed by atoms with Crippen LogP contribution in [0, 0.1) is 5.92 Å². The third-order valence-electron chi connectivity index (χ3n) is 4.01. The Labute approximate surface area is 105 Å². The molecule has 102 valence electrons. The van der Waals surface area contributed by atoms with Crippen molar-refractivity contribution in [3.63, 3.8) is 0 Å². The van der Waals surface area contributed by atoms with Gasteiger partial charge in [-0.1, -0.05) is 6.92 Å². The molecular formula is C13H28N2O2. The Hall–Kier alpha value is -0.160.